The molecule has 6 heteroatoms. The van der Waals surface area contributed by atoms with Crippen LogP contribution in [-0.4, -0.2) is 29.9 Å². The molecule has 1 aliphatic heterocycles. The molecule has 2 unspecified atom stereocenters. The van der Waals surface area contributed by atoms with Crippen molar-refractivity contribution >= 4 is 30.7 Å². The Labute approximate surface area is 152 Å². The number of likely N-dealkylation sites (tertiary alicyclic amines) is 1. The van der Waals surface area contributed by atoms with E-state index in [1.807, 2.05) is 13.8 Å². The standard InChI is InChI=1S/C17H27N3O.2ClH/c1-13(14(2)18)17(21)19-11-15-6-5-7-16(10-15)12-20-8-3-4-9-20;;/h5-7,10,13-14H,3-4,8-9,11-12,18H2,1-2H3,(H,19,21);2*1H. The maximum atomic E-state index is 11.9. The topological polar surface area (TPSA) is 58.4 Å². The van der Waals surface area contributed by atoms with Crippen molar-refractivity contribution in [1.29, 1.82) is 0 Å². The number of hydrogen-bond acceptors (Lipinski definition) is 3. The first-order valence-corrected chi connectivity index (χ1v) is 7.89. The van der Waals surface area contributed by atoms with E-state index in [9.17, 15) is 4.79 Å². The van der Waals surface area contributed by atoms with Gasteiger partial charge in [0, 0.05) is 25.0 Å². The first-order chi connectivity index (χ1) is 10.1. The predicted molar refractivity (Wildman–Crippen MR) is 100 cm³/mol. The van der Waals surface area contributed by atoms with Crippen molar-refractivity contribution in [3.8, 4) is 0 Å². The summed E-state index contributed by atoms with van der Waals surface area (Å²) in [5, 5.41) is 2.97. The number of carbonyl (C=O) groups excluding carboxylic acids is 1. The van der Waals surface area contributed by atoms with Gasteiger partial charge in [-0.3, -0.25) is 9.69 Å². The third-order valence-corrected chi connectivity index (χ3v) is 4.27. The third kappa shape index (κ3) is 7.08. The Hall–Kier alpha value is -0.810. The molecule has 2 rings (SSSR count). The second kappa shape index (κ2) is 10.9. The first kappa shape index (κ1) is 22.2. The Morgan fingerprint density at radius 2 is 1.83 bits per heavy atom. The summed E-state index contributed by atoms with van der Waals surface area (Å²) in [5.74, 6) is -0.132. The highest BCUT2D eigenvalue weighted by Gasteiger charge is 2.16. The number of carbonyl (C=O) groups is 1. The zero-order chi connectivity index (χ0) is 15.2. The van der Waals surface area contributed by atoms with E-state index in [-0.39, 0.29) is 42.7 Å². The van der Waals surface area contributed by atoms with Gasteiger partial charge in [-0.2, -0.15) is 0 Å². The molecular weight excluding hydrogens is 333 g/mol. The number of halogens is 2. The first-order valence-electron chi connectivity index (χ1n) is 7.89. The van der Waals surface area contributed by atoms with E-state index in [0.29, 0.717) is 6.54 Å². The van der Waals surface area contributed by atoms with Crippen LogP contribution in [0.25, 0.3) is 0 Å². The molecule has 2 atom stereocenters. The van der Waals surface area contributed by atoms with Crippen LogP contribution in [0.1, 0.15) is 37.8 Å². The van der Waals surface area contributed by atoms with Crippen molar-refractivity contribution in [3.63, 3.8) is 0 Å². The molecule has 1 aromatic carbocycles. The van der Waals surface area contributed by atoms with E-state index >= 15 is 0 Å². The minimum atomic E-state index is -0.155. The van der Waals surface area contributed by atoms with Crippen LogP contribution >= 0.6 is 24.8 Å². The molecule has 1 aliphatic rings. The highest BCUT2D eigenvalue weighted by atomic mass is 35.5. The quantitative estimate of drug-likeness (QED) is 0.818. The lowest BCUT2D eigenvalue weighted by atomic mass is 10.0. The molecule has 1 heterocycles. The fraction of sp³-hybridized carbons (Fsp3) is 0.588. The van der Waals surface area contributed by atoms with Crippen LogP contribution < -0.4 is 11.1 Å². The zero-order valence-electron chi connectivity index (χ0n) is 14.0. The maximum absolute atomic E-state index is 11.9. The van der Waals surface area contributed by atoms with Crippen LogP contribution in [0.5, 0.6) is 0 Å². The Bertz CT molecular complexity index is 477. The molecule has 1 amide bonds. The van der Waals surface area contributed by atoms with E-state index < -0.39 is 0 Å². The van der Waals surface area contributed by atoms with E-state index in [4.69, 9.17) is 5.73 Å². The van der Waals surface area contributed by atoms with Gasteiger partial charge in [-0.25, -0.2) is 0 Å². The second-order valence-electron chi connectivity index (χ2n) is 6.17. The molecule has 0 saturated carbocycles. The minimum absolute atomic E-state index is 0. The Morgan fingerprint density at radius 1 is 1.22 bits per heavy atom. The molecule has 23 heavy (non-hydrogen) atoms. The van der Waals surface area contributed by atoms with Crippen LogP contribution in [0, 0.1) is 5.92 Å². The Kier molecular flexibility index (Phi) is 10.5. The summed E-state index contributed by atoms with van der Waals surface area (Å²) >= 11 is 0. The van der Waals surface area contributed by atoms with Gasteiger partial charge in [0.25, 0.3) is 0 Å². The lowest BCUT2D eigenvalue weighted by Gasteiger charge is -2.17. The number of rotatable bonds is 6. The molecule has 1 saturated heterocycles. The average molecular weight is 362 g/mol. The number of nitrogens with two attached hydrogens (primary N) is 1. The summed E-state index contributed by atoms with van der Waals surface area (Å²) in [7, 11) is 0. The van der Waals surface area contributed by atoms with Gasteiger partial charge in [0.2, 0.25) is 5.91 Å². The monoisotopic (exact) mass is 361 g/mol. The van der Waals surface area contributed by atoms with Crippen LogP contribution in [0.15, 0.2) is 24.3 Å². The van der Waals surface area contributed by atoms with Gasteiger partial charge in [-0.05, 0) is 44.0 Å². The summed E-state index contributed by atoms with van der Waals surface area (Å²) < 4.78 is 0. The van der Waals surface area contributed by atoms with Crippen molar-refractivity contribution in [2.24, 2.45) is 11.7 Å². The van der Waals surface area contributed by atoms with Crippen molar-refractivity contribution in [2.75, 3.05) is 13.1 Å². The predicted octanol–water partition coefficient (Wildman–Crippen LogP) is 2.73. The number of amides is 1. The third-order valence-electron chi connectivity index (χ3n) is 4.27. The van der Waals surface area contributed by atoms with E-state index in [1.54, 1.807) is 0 Å². The number of nitrogens with zero attached hydrogens (tertiary/aromatic N) is 1. The summed E-state index contributed by atoms with van der Waals surface area (Å²) in [5.41, 5.74) is 8.23. The molecule has 4 nitrogen and oxygen atoms in total. The number of hydrogen-bond donors (Lipinski definition) is 2. The molecule has 1 aromatic rings. The van der Waals surface area contributed by atoms with Crippen LogP contribution in [-0.2, 0) is 17.9 Å². The van der Waals surface area contributed by atoms with Gasteiger partial charge in [0.1, 0.15) is 0 Å². The summed E-state index contributed by atoms with van der Waals surface area (Å²) in [6.45, 7) is 7.71. The average Bonchev–Trinajstić information content (AvgIpc) is 2.97. The minimum Gasteiger partial charge on any atom is -0.352 e. The van der Waals surface area contributed by atoms with Crippen LogP contribution in [0.3, 0.4) is 0 Å². The highest BCUT2D eigenvalue weighted by molar-refractivity contribution is 5.85. The molecule has 0 spiro atoms. The maximum Gasteiger partial charge on any atom is 0.224 e. The lowest BCUT2D eigenvalue weighted by molar-refractivity contribution is -0.125. The molecular formula is C17H29Cl2N3O. The summed E-state index contributed by atoms with van der Waals surface area (Å²) in [6, 6.07) is 8.36. The normalized spacial score (nSPS) is 16.8. The smallest absolute Gasteiger partial charge is 0.224 e. The fourth-order valence-electron chi connectivity index (χ4n) is 2.63. The number of benzene rings is 1. The van der Waals surface area contributed by atoms with E-state index in [1.165, 1.54) is 31.5 Å². The molecule has 0 radical (unpaired) electrons. The molecule has 0 aliphatic carbocycles. The van der Waals surface area contributed by atoms with Gasteiger partial charge in [-0.15, -0.1) is 24.8 Å². The largest absolute Gasteiger partial charge is 0.352 e. The lowest BCUT2D eigenvalue weighted by Crippen LogP contribution is -2.38. The van der Waals surface area contributed by atoms with Crippen molar-refractivity contribution in [3.05, 3.63) is 35.4 Å². The zero-order valence-corrected chi connectivity index (χ0v) is 15.6. The molecule has 132 valence electrons. The van der Waals surface area contributed by atoms with E-state index in [0.717, 1.165) is 12.1 Å². The fourth-order valence-corrected chi connectivity index (χ4v) is 2.63. The van der Waals surface area contributed by atoms with E-state index in [2.05, 4.69) is 34.5 Å². The Morgan fingerprint density at radius 3 is 2.43 bits per heavy atom. The van der Waals surface area contributed by atoms with Crippen molar-refractivity contribution in [2.45, 2.75) is 45.8 Å². The van der Waals surface area contributed by atoms with Crippen molar-refractivity contribution < 1.29 is 4.79 Å². The van der Waals surface area contributed by atoms with Crippen LogP contribution in [0.2, 0.25) is 0 Å². The summed E-state index contributed by atoms with van der Waals surface area (Å²) in [4.78, 5) is 14.4. The second-order valence-corrected chi connectivity index (χ2v) is 6.17. The molecule has 0 aromatic heterocycles. The van der Waals surface area contributed by atoms with Crippen LogP contribution in [0.4, 0.5) is 0 Å². The molecule has 3 N–H and O–H groups in total. The molecule has 0 bridgehead atoms. The highest BCUT2D eigenvalue weighted by Crippen LogP contribution is 2.14. The van der Waals surface area contributed by atoms with Gasteiger partial charge < -0.3 is 11.1 Å². The Balaban J connectivity index is 0.00000242. The van der Waals surface area contributed by atoms with Gasteiger partial charge in [-0.1, -0.05) is 31.2 Å². The van der Waals surface area contributed by atoms with Gasteiger partial charge in [0.15, 0.2) is 0 Å². The SMILES string of the molecule is CC(N)C(C)C(=O)NCc1cccc(CN2CCCC2)c1.Cl.Cl. The van der Waals surface area contributed by atoms with Gasteiger partial charge in [0.05, 0.1) is 0 Å². The van der Waals surface area contributed by atoms with Gasteiger partial charge >= 0.3 is 0 Å². The molecule has 1 fully saturated rings. The summed E-state index contributed by atoms with van der Waals surface area (Å²) in [6.07, 6.45) is 2.62. The van der Waals surface area contributed by atoms with Crippen molar-refractivity contribution in [1.82, 2.24) is 10.2 Å². The number of nitrogens with one attached hydrogen (secondary N) is 1.